The van der Waals surface area contributed by atoms with E-state index in [1.807, 2.05) is 0 Å². The van der Waals surface area contributed by atoms with E-state index in [2.05, 4.69) is 0 Å². The fraction of sp³-hybridized carbons (Fsp3) is 1.00. The molecule has 0 saturated carbocycles. The van der Waals surface area contributed by atoms with Crippen molar-refractivity contribution in [3.05, 3.63) is 0 Å². The summed E-state index contributed by atoms with van der Waals surface area (Å²) in [6.45, 7) is 10.8. The minimum Gasteiger partial charge on any atom is -0.385 e. The van der Waals surface area contributed by atoms with Crippen molar-refractivity contribution in [1.29, 1.82) is 0 Å². The van der Waals surface area contributed by atoms with E-state index in [9.17, 15) is 0 Å². The maximum absolute atomic E-state index is 5.20. The molecule has 0 saturated heterocycles. The summed E-state index contributed by atoms with van der Waals surface area (Å²) < 4.78 is 9.96. The van der Waals surface area contributed by atoms with Gasteiger partial charge in [0.15, 0.2) is 0 Å². The Balaban J connectivity index is 3.06. The van der Waals surface area contributed by atoms with Gasteiger partial charge in [0.05, 0.1) is 119 Å². The van der Waals surface area contributed by atoms with E-state index in [-0.39, 0.29) is 0 Å². The Morgan fingerprint density at radius 2 is 0.210 bits per heavy atom. The molecule has 0 aliphatic heterocycles. The second kappa shape index (κ2) is 60.2. The first kappa shape index (κ1) is 61.2. The summed E-state index contributed by atoms with van der Waals surface area (Å²) in [4.78, 5) is 93.0. The van der Waals surface area contributed by atoms with E-state index >= 15 is 0 Å². The summed E-state index contributed by atoms with van der Waals surface area (Å²) in [5.41, 5.74) is 0. The van der Waals surface area contributed by atoms with E-state index < -0.39 is 0 Å². The number of hydrogen-bond acceptors (Lipinski definition) is 20. The Morgan fingerprint density at radius 3 is 0.290 bits per heavy atom. The lowest BCUT2D eigenvalue weighted by Gasteiger charge is -2.07. The third-order valence-corrected chi connectivity index (χ3v) is 8.04. The zero-order chi connectivity index (χ0) is 44.4. The van der Waals surface area contributed by atoms with E-state index in [4.69, 9.17) is 97.5 Å². The second-order valence-corrected chi connectivity index (χ2v) is 13.9. The Hall–Kier alpha value is -0.800. The van der Waals surface area contributed by atoms with Crippen LogP contribution in [0.3, 0.4) is 0 Å². The summed E-state index contributed by atoms with van der Waals surface area (Å²) in [6.07, 6.45) is 16.9. The van der Waals surface area contributed by atoms with Gasteiger partial charge >= 0.3 is 0 Å². The van der Waals surface area contributed by atoms with Crippen LogP contribution < -0.4 is 0 Å². The van der Waals surface area contributed by atoms with Crippen molar-refractivity contribution in [1.82, 2.24) is 0 Å². The fourth-order valence-corrected chi connectivity index (χ4v) is 4.45. The first-order chi connectivity index (χ1) is 30.9. The molecule has 0 amide bonds. The molecule has 20 nitrogen and oxygen atoms in total. The molecule has 0 aromatic rings. The van der Waals surface area contributed by atoms with Crippen molar-refractivity contribution < 1.29 is 97.5 Å². The van der Waals surface area contributed by atoms with E-state index in [1.165, 1.54) is 0 Å². The maximum atomic E-state index is 5.20. The normalized spacial score (nSPS) is 11.7. The van der Waals surface area contributed by atoms with Crippen LogP contribution in [-0.2, 0) is 97.5 Å². The van der Waals surface area contributed by atoms with Crippen LogP contribution in [-0.4, -0.2) is 146 Å². The van der Waals surface area contributed by atoms with Gasteiger partial charge in [-0.25, -0.2) is 88.0 Å². The van der Waals surface area contributed by atoms with Gasteiger partial charge in [-0.05, 0) is 128 Å². The van der Waals surface area contributed by atoms with Gasteiger partial charge in [-0.1, -0.05) is 0 Å². The Morgan fingerprint density at radius 1 is 0.129 bits per heavy atom. The number of hydrogen-bond donors (Lipinski definition) is 0. The molecule has 0 heterocycles. The first-order valence-corrected chi connectivity index (χ1v) is 23.1. The highest BCUT2D eigenvalue weighted by atomic mass is 17.2. The Labute approximate surface area is 371 Å². The van der Waals surface area contributed by atoms with Crippen molar-refractivity contribution in [2.75, 3.05) is 146 Å². The van der Waals surface area contributed by atoms with E-state index in [1.54, 1.807) is 14.2 Å². The van der Waals surface area contributed by atoms with Crippen LogP contribution in [0, 0.1) is 0 Å². The van der Waals surface area contributed by atoms with Crippen LogP contribution in [0.15, 0.2) is 0 Å². The average Bonchev–Trinajstić information content (AvgIpc) is 3.28. The van der Waals surface area contributed by atoms with E-state index in [0.717, 1.165) is 142 Å². The van der Waals surface area contributed by atoms with Crippen molar-refractivity contribution in [2.45, 2.75) is 128 Å². The summed E-state index contributed by atoms with van der Waals surface area (Å²) >= 11 is 0. The molecular formula is C42H86O20. The summed E-state index contributed by atoms with van der Waals surface area (Å²) in [7, 11) is 3.38. The molecule has 0 aromatic heterocycles. The SMILES string of the molecule is COCCCCOOCCCCOOCCCCOOCCCCOOCCCCOOCCCCOOCCCCOOCCCCOOCCCCOOCCCCOC. The molecule has 0 aromatic carbocycles. The molecule has 62 heavy (non-hydrogen) atoms. The summed E-state index contributed by atoms with van der Waals surface area (Å²) in [5.74, 6) is 0. The van der Waals surface area contributed by atoms with Gasteiger partial charge < -0.3 is 9.47 Å². The molecular weight excluding hydrogens is 824 g/mol. The number of ether oxygens (including phenoxy) is 2. The van der Waals surface area contributed by atoms with Gasteiger partial charge in [0.25, 0.3) is 0 Å². The Kier molecular flexibility index (Phi) is 59.4. The third kappa shape index (κ3) is 59.2. The van der Waals surface area contributed by atoms with E-state index in [0.29, 0.717) is 119 Å². The lowest BCUT2D eigenvalue weighted by molar-refractivity contribution is -0.311. The topological polar surface area (TPSA) is 185 Å². The van der Waals surface area contributed by atoms with Gasteiger partial charge in [-0.2, -0.15) is 0 Å². The smallest absolute Gasteiger partial charge is 0.0823 e. The van der Waals surface area contributed by atoms with Crippen LogP contribution in [0.5, 0.6) is 0 Å². The van der Waals surface area contributed by atoms with Crippen LogP contribution in [0.25, 0.3) is 0 Å². The minimum atomic E-state index is 0.496. The van der Waals surface area contributed by atoms with Crippen molar-refractivity contribution in [2.24, 2.45) is 0 Å². The van der Waals surface area contributed by atoms with Crippen LogP contribution in [0.1, 0.15) is 128 Å². The first-order valence-electron chi connectivity index (χ1n) is 23.1. The summed E-state index contributed by atoms with van der Waals surface area (Å²) in [6, 6.07) is 0. The molecule has 0 unspecified atom stereocenters. The molecule has 0 fully saturated rings. The van der Waals surface area contributed by atoms with Crippen LogP contribution in [0.4, 0.5) is 0 Å². The monoisotopic (exact) mass is 911 g/mol. The third-order valence-electron chi connectivity index (χ3n) is 8.04. The Bertz CT molecular complexity index is 705. The molecule has 0 aliphatic carbocycles. The molecule has 374 valence electrons. The molecule has 0 atom stereocenters. The number of unbranched alkanes of at least 4 members (excludes halogenated alkanes) is 10. The van der Waals surface area contributed by atoms with Gasteiger partial charge in [-0.3, -0.25) is 0 Å². The molecule has 20 heteroatoms. The predicted molar refractivity (Wildman–Crippen MR) is 223 cm³/mol. The van der Waals surface area contributed by atoms with Crippen LogP contribution >= 0.6 is 0 Å². The highest BCUT2D eigenvalue weighted by Gasteiger charge is 2.00. The van der Waals surface area contributed by atoms with Gasteiger partial charge in [0.1, 0.15) is 0 Å². The highest BCUT2D eigenvalue weighted by molar-refractivity contribution is 4.41. The molecule has 0 rings (SSSR count). The number of methoxy groups -OCH3 is 2. The van der Waals surface area contributed by atoms with Crippen molar-refractivity contribution in [3.8, 4) is 0 Å². The summed E-state index contributed by atoms with van der Waals surface area (Å²) in [5, 5.41) is 0. The molecule has 0 spiro atoms. The zero-order valence-corrected chi connectivity index (χ0v) is 38.4. The number of rotatable bonds is 59. The molecule has 0 aliphatic rings. The maximum Gasteiger partial charge on any atom is 0.0823 e. The second-order valence-electron chi connectivity index (χ2n) is 13.9. The average molecular weight is 911 g/mol. The van der Waals surface area contributed by atoms with Crippen molar-refractivity contribution >= 4 is 0 Å². The van der Waals surface area contributed by atoms with Crippen LogP contribution in [0.2, 0.25) is 0 Å². The molecule has 0 bridgehead atoms. The van der Waals surface area contributed by atoms with Gasteiger partial charge in [0.2, 0.25) is 0 Å². The lowest BCUT2D eigenvalue weighted by atomic mass is 10.3. The standard InChI is InChI=1S/C42H86O20/c1-43-23-3-5-25-45-47-27-7-9-29-49-51-31-11-13-33-53-55-35-15-17-37-57-59-39-19-21-41-61-62-42-22-20-40-60-58-38-18-16-36-56-54-34-14-12-32-52-50-30-10-8-28-48-46-26-6-4-24-44-2/h3-42H2,1-2H3. The van der Waals surface area contributed by atoms with Gasteiger partial charge in [-0.15, -0.1) is 0 Å². The molecule has 0 radical (unpaired) electrons. The largest absolute Gasteiger partial charge is 0.385 e. The highest BCUT2D eigenvalue weighted by Crippen LogP contribution is 2.02. The fourth-order valence-electron chi connectivity index (χ4n) is 4.45. The minimum absolute atomic E-state index is 0.496. The molecule has 0 N–H and O–H groups in total. The van der Waals surface area contributed by atoms with Gasteiger partial charge in [0, 0.05) is 27.4 Å². The predicted octanol–water partition coefficient (Wildman–Crippen LogP) is 7.62. The lowest BCUT2D eigenvalue weighted by Crippen LogP contribution is -2.05. The van der Waals surface area contributed by atoms with Crippen molar-refractivity contribution in [3.63, 3.8) is 0 Å². The quantitative estimate of drug-likeness (QED) is 0.0329. The zero-order valence-electron chi connectivity index (χ0n) is 38.4.